The van der Waals surface area contributed by atoms with Crippen molar-refractivity contribution < 1.29 is 14.3 Å². The van der Waals surface area contributed by atoms with Gasteiger partial charge in [0.2, 0.25) is 4.96 Å². The highest BCUT2D eigenvalue weighted by Gasteiger charge is 2.09. The van der Waals surface area contributed by atoms with E-state index in [2.05, 4.69) is 10.1 Å². The summed E-state index contributed by atoms with van der Waals surface area (Å²) < 4.78 is 11.6. The minimum absolute atomic E-state index is 0.0837. The SMILES string of the molecule is Cc1nn2c(=O)cc(COC(=O)COc3ccccc3)nc2s1. The van der Waals surface area contributed by atoms with Gasteiger partial charge in [0.15, 0.2) is 6.61 Å². The van der Waals surface area contributed by atoms with Crippen molar-refractivity contribution in [3.8, 4) is 5.75 Å². The van der Waals surface area contributed by atoms with Crippen LogP contribution in [-0.2, 0) is 16.1 Å². The zero-order chi connectivity index (χ0) is 16.2. The van der Waals surface area contributed by atoms with Gasteiger partial charge in [0.05, 0.1) is 5.69 Å². The van der Waals surface area contributed by atoms with Gasteiger partial charge in [-0.3, -0.25) is 4.79 Å². The van der Waals surface area contributed by atoms with Crippen LogP contribution in [0.15, 0.2) is 41.2 Å². The van der Waals surface area contributed by atoms with Gasteiger partial charge in [0.1, 0.15) is 17.4 Å². The molecule has 0 atom stereocenters. The topological polar surface area (TPSA) is 82.8 Å². The van der Waals surface area contributed by atoms with Gasteiger partial charge in [0, 0.05) is 6.07 Å². The molecule has 0 spiro atoms. The van der Waals surface area contributed by atoms with Gasteiger partial charge in [-0.05, 0) is 19.1 Å². The Labute approximate surface area is 135 Å². The average molecular weight is 331 g/mol. The molecule has 7 nitrogen and oxygen atoms in total. The number of aryl methyl sites for hydroxylation is 1. The molecular weight excluding hydrogens is 318 g/mol. The first-order valence-electron chi connectivity index (χ1n) is 6.82. The third-order valence-electron chi connectivity index (χ3n) is 2.88. The second-order valence-electron chi connectivity index (χ2n) is 4.66. The number of esters is 1. The number of carbonyl (C=O) groups is 1. The van der Waals surface area contributed by atoms with Gasteiger partial charge >= 0.3 is 5.97 Å². The molecule has 0 saturated carbocycles. The van der Waals surface area contributed by atoms with Crippen molar-refractivity contribution in [3.63, 3.8) is 0 Å². The number of ether oxygens (including phenoxy) is 2. The first-order chi connectivity index (χ1) is 11.1. The van der Waals surface area contributed by atoms with Crippen molar-refractivity contribution in [2.24, 2.45) is 0 Å². The Bertz CT molecular complexity index is 889. The molecule has 0 fully saturated rings. The molecule has 0 aliphatic rings. The number of nitrogens with zero attached hydrogens (tertiary/aromatic N) is 3. The van der Waals surface area contributed by atoms with Crippen LogP contribution in [-0.4, -0.2) is 27.2 Å². The summed E-state index contributed by atoms with van der Waals surface area (Å²) in [5.74, 6) is 0.0544. The van der Waals surface area contributed by atoms with Crippen LogP contribution in [0.1, 0.15) is 10.7 Å². The molecule has 0 N–H and O–H groups in total. The standard InChI is InChI=1S/C15H13N3O4S/c1-10-17-18-13(19)7-11(16-15(18)23-10)8-22-14(20)9-21-12-5-3-2-4-6-12/h2-7H,8-9H2,1H3. The van der Waals surface area contributed by atoms with Gasteiger partial charge in [-0.15, -0.1) is 0 Å². The Kier molecular flexibility index (Phi) is 4.33. The van der Waals surface area contributed by atoms with E-state index in [-0.39, 0.29) is 18.8 Å². The van der Waals surface area contributed by atoms with E-state index in [0.717, 1.165) is 5.01 Å². The monoisotopic (exact) mass is 331 g/mol. The molecule has 3 aromatic rings. The van der Waals surface area contributed by atoms with Crippen molar-refractivity contribution in [2.45, 2.75) is 13.5 Å². The number of rotatable bonds is 5. The van der Waals surface area contributed by atoms with Gasteiger partial charge < -0.3 is 9.47 Å². The average Bonchev–Trinajstić information content (AvgIpc) is 2.93. The van der Waals surface area contributed by atoms with E-state index in [0.29, 0.717) is 16.4 Å². The van der Waals surface area contributed by atoms with Gasteiger partial charge in [-0.2, -0.15) is 9.61 Å². The lowest BCUT2D eigenvalue weighted by Gasteiger charge is -2.06. The molecule has 0 bridgehead atoms. The second kappa shape index (κ2) is 6.57. The first-order valence-corrected chi connectivity index (χ1v) is 7.63. The minimum atomic E-state index is -0.531. The smallest absolute Gasteiger partial charge is 0.344 e. The summed E-state index contributed by atoms with van der Waals surface area (Å²) in [7, 11) is 0. The van der Waals surface area contributed by atoms with E-state index >= 15 is 0 Å². The minimum Gasteiger partial charge on any atom is -0.482 e. The fourth-order valence-electron chi connectivity index (χ4n) is 1.88. The second-order valence-corrected chi connectivity index (χ2v) is 5.82. The highest BCUT2D eigenvalue weighted by molar-refractivity contribution is 7.16. The zero-order valence-electron chi connectivity index (χ0n) is 12.3. The Hall–Kier alpha value is -2.74. The highest BCUT2D eigenvalue weighted by atomic mass is 32.1. The van der Waals surface area contributed by atoms with Crippen molar-refractivity contribution in [1.29, 1.82) is 0 Å². The van der Waals surface area contributed by atoms with E-state index in [9.17, 15) is 9.59 Å². The Morgan fingerprint density at radius 2 is 2.09 bits per heavy atom. The van der Waals surface area contributed by atoms with Crippen molar-refractivity contribution in [2.75, 3.05) is 6.61 Å². The van der Waals surface area contributed by atoms with Gasteiger partial charge in [-0.25, -0.2) is 9.78 Å². The lowest BCUT2D eigenvalue weighted by molar-refractivity contribution is -0.147. The fourth-order valence-corrected chi connectivity index (χ4v) is 2.65. The number of fused-ring (bicyclic) bond motifs is 1. The predicted molar refractivity (Wildman–Crippen MR) is 83.6 cm³/mol. The fraction of sp³-hybridized carbons (Fsp3) is 0.200. The molecule has 2 aromatic heterocycles. The first kappa shape index (κ1) is 15.2. The van der Waals surface area contributed by atoms with Crippen LogP contribution in [0.2, 0.25) is 0 Å². The van der Waals surface area contributed by atoms with Crippen molar-refractivity contribution >= 4 is 22.3 Å². The van der Waals surface area contributed by atoms with E-state index in [1.54, 1.807) is 19.1 Å². The number of hydrogen-bond acceptors (Lipinski definition) is 7. The van der Waals surface area contributed by atoms with E-state index in [4.69, 9.17) is 9.47 Å². The molecule has 8 heteroatoms. The van der Waals surface area contributed by atoms with E-state index < -0.39 is 5.97 Å². The van der Waals surface area contributed by atoms with E-state index in [1.165, 1.54) is 21.9 Å². The van der Waals surface area contributed by atoms with Crippen molar-refractivity contribution in [3.05, 3.63) is 57.5 Å². The van der Waals surface area contributed by atoms with Crippen molar-refractivity contribution in [1.82, 2.24) is 14.6 Å². The Balaban J connectivity index is 1.59. The predicted octanol–water partition coefficient (Wildman–Crippen LogP) is 1.58. The van der Waals surface area contributed by atoms with Crippen LogP contribution in [0.3, 0.4) is 0 Å². The van der Waals surface area contributed by atoms with Crippen LogP contribution >= 0.6 is 11.3 Å². The third-order valence-corrected chi connectivity index (χ3v) is 3.70. The molecule has 3 rings (SSSR count). The van der Waals surface area contributed by atoms with Gasteiger partial charge in [0.25, 0.3) is 5.56 Å². The molecule has 118 valence electrons. The van der Waals surface area contributed by atoms with Gasteiger partial charge in [-0.1, -0.05) is 29.5 Å². The summed E-state index contributed by atoms with van der Waals surface area (Å²) in [6, 6.07) is 10.3. The van der Waals surface area contributed by atoms with Crippen LogP contribution < -0.4 is 10.3 Å². The van der Waals surface area contributed by atoms with E-state index in [1.807, 2.05) is 18.2 Å². The zero-order valence-corrected chi connectivity index (χ0v) is 13.1. The Morgan fingerprint density at radius 1 is 1.30 bits per heavy atom. The summed E-state index contributed by atoms with van der Waals surface area (Å²) in [5, 5.41) is 4.78. The third kappa shape index (κ3) is 3.72. The van der Waals surface area contributed by atoms with Crippen LogP contribution in [0.5, 0.6) is 5.75 Å². The normalized spacial score (nSPS) is 10.7. The maximum absolute atomic E-state index is 11.9. The molecule has 0 unspecified atom stereocenters. The summed E-state index contributed by atoms with van der Waals surface area (Å²) in [6.45, 7) is 1.50. The molecular formula is C15H13N3O4S. The lowest BCUT2D eigenvalue weighted by Crippen LogP contribution is -2.18. The van der Waals surface area contributed by atoms with Crippen LogP contribution in [0, 0.1) is 6.92 Å². The molecule has 23 heavy (non-hydrogen) atoms. The highest BCUT2D eigenvalue weighted by Crippen LogP contribution is 2.10. The summed E-state index contributed by atoms with van der Waals surface area (Å²) in [5.41, 5.74) is 0.0812. The summed E-state index contributed by atoms with van der Waals surface area (Å²) in [4.78, 5) is 28.3. The summed E-state index contributed by atoms with van der Waals surface area (Å²) in [6.07, 6.45) is 0. The molecule has 1 aromatic carbocycles. The van der Waals surface area contributed by atoms with Crippen LogP contribution in [0.25, 0.3) is 4.96 Å². The molecule has 0 saturated heterocycles. The summed E-state index contributed by atoms with van der Waals surface area (Å²) >= 11 is 1.30. The molecule has 0 radical (unpaired) electrons. The lowest BCUT2D eigenvalue weighted by atomic mass is 10.3. The number of benzene rings is 1. The molecule has 0 amide bonds. The molecule has 0 aliphatic heterocycles. The number of aromatic nitrogens is 3. The number of hydrogen-bond donors (Lipinski definition) is 0. The number of para-hydroxylation sites is 1. The molecule has 2 heterocycles. The maximum atomic E-state index is 11.9. The quantitative estimate of drug-likeness (QED) is 0.660. The maximum Gasteiger partial charge on any atom is 0.344 e. The van der Waals surface area contributed by atoms with Crippen LogP contribution in [0.4, 0.5) is 0 Å². The number of carbonyl (C=O) groups excluding carboxylic acids is 1. The molecule has 0 aliphatic carbocycles. The Morgan fingerprint density at radius 3 is 2.87 bits per heavy atom. The largest absolute Gasteiger partial charge is 0.482 e.